The molecule has 0 bridgehead atoms. The number of nitrogens with one attached hydrogen (secondary N) is 2. The number of alkyl halides is 6. The van der Waals surface area contributed by atoms with Crippen LogP contribution in [-0.2, 0) is 9.47 Å². The van der Waals surface area contributed by atoms with Crippen LogP contribution in [0, 0.1) is 10.8 Å². The Morgan fingerprint density at radius 1 is 1.07 bits per heavy atom. The van der Waals surface area contributed by atoms with Crippen LogP contribution in [0.5, 0.6) is 0 Å². The first-order valence-electron chi connectivity index (χ1n) is 9.59. The van der Waals surface area contributed by atoms with Crippen LogP contribution in [0.2, 0.25) is 0 Å². The van der Waals surface area contributed by atoms with E-state index in [4.69, 9.17) is 4.74 Å². The molecule has 3 unspecified atom stereocenters. The van der Waals surface area contributed by atoms with E-state index in [0.717, 1.165) is 0 Å². The topological polar surface area (TPSA) is 79.8 Å². The summed E-state index contributed by atoms with van der Waals surface area (Å²) in [6.45, 7) is 4.55. The highest BCUT2D eigenvalue weighted by molar-refractivity contribution is 5.67. The van der Waals surface area contributed by atoms with Crippen LogP contribution in [0.15, 0.2) is 0 Å². The van der Waals surface area contributed by atoms with Gasteiger partial charge in [-0.1, -0.05) is 20.8 Å². The van der Waals surface area contributed by atoms with Gasteiger partial charge in [-0.05, 0) is 30.1 Å². The van der Waals surface area contributed by atoms with Crippen LogP contribution in [0.1, 0.15) is 52.9 Å². The molecule has 3 atom stereocenters. The fourth-order valence-electron chi connectivity index (χ4n) is 4.02. The summed E-state index contributed by atoms with van der Waals surface area (Å²) >= 11 is 0. The minimum Gasteiger partial charge on any atom is -0.449 e. The van der Waals surface area contributed by atoms with Crippen LogP contribution in [0.25, 0.3) is 0 Å². The second kappa shape index (κ2) is 10.4. The normalized spacial score (nSPS) is 25.6. The Labute approximate surface area is 171 Å². The highest BCUT2D eigenvalue weighted by Crippen LogP contribution is 2.45. The Bertz CT molecular complexity index is 556. The van der Waals surface area contributed by atoms with E-state index in [1.165, 1.54) is 0 Å². The Morgan fingerprint density at radius 2 is 1.63 bits per heavy atom. The molecule has 1 aliphatic carbocycles. The first-order valence-corrected chi connectivity index (χ1v) is 9.59. The van der Waals surface area contributed by atoms with Crippen LogP contribution in [-0.4, -0.2) is 55.8 Å². The van der Waals surface area contributed by atoms with E-state index in [1.807, 2.05) is 20.8 Å². The second-order valence-corrected chi connectivity index (χ2v) is 8.87. The number of carbonyl (C=O) groups excluding carboxylic acids is 1. The van der Waals surface area contributed by atoms with Gasteiger partial charge in [0.05, 0.1) is 19.4 Å². The lowest BCUT2D eigenvalue weighted by Crippen LogP contribution is -2.51. The number of aliphatic hydroxyl groups excluding tert-OH is 1. The van der Waals surface area contributed by atoms with E-state index >= 15 is 0 Å². The van der Waals surface area contributed by atoms with Crippen molar-refractivity contribution in [3.05, 3.63) is 0 Å². The lowest BCUT2D eigenvalue weighted by Gasteiger charge is -2.47. The van der Waals surface area contributed by atoms with Crippen molar-refractivity contribution in [2.24, 2.45) is 10.8 Å². The fourth-order valence-corrected chi connectivity index (χ4v) is 4.02. The lowest BCUT2D eigenvalue weighted by atomic mass is 9.62. The maximum Gasteiger partial charge on any atom is 0.407 e. The molecule has 1 aliphatic rings. The van der Waals surface area contributed by atoms with E-state index in [1.54, 1.807) is 0 Å². The molecule has 1 fully saturated rings. The average Bonchev–Trinajstić information content (AvgIpc) is 2.48. The SMILES string of the molecule is CC1(C)CC(NC(=O)OCCC(F)(F)F)CC(C)(CNC(O)OCCC(F)(F)F)C1. The molecule has 1 rings (SSSR count). The number of rotatable bonds is 9. The van der Waals surface area contributed by atoms with Gasteiger partial charge < -0.3 is 19.9 Å². The molecule has 3 N–H and O–H groups in total. The van der Waals surface area contributed by atoms with Crippen molar-refractivity contribution in [3.63, 3.8) is 0 Å². The molecule has 1 saturated carbocycles. The molecule has 12 heteroatoms. The summed E-state index contributed by atoms with van der Waals surface area (Å²) in [5.74, 6) is 0. The van der Waals surface area contributed by atoms with E-state index in [-0.39, 0.29) is 18.0 Å². The van der Waals surface area contributed by atoms with E-state index in [9.17, 15) is 36.2 Å². The molecule has 0 saturated heterocycles. The third-order valence-corrected chi connectivity index (χ3v) is 4.75. The first-order chi connectivity index (χ1) is 13.5. The van der Waals surface area contributed by atoms with Gasteiger partial charge >= 0.3 is 18.4 Å². The number of alkyl carbamates (subject to hydrolysis) is 1. The molecular formula is C18H30F6N2O4. The molecule has 178 valence electrons. The van der Waals surface area contributed by atoms with E-state index < -0.39 is 56.3 Å². The van der Waals surface area contributed by atoms with Gasteiger partial charge in [-0.3, -0.25) is 5.32 Å². The largest absolute Gasteiger partial charge is 0.449 e. The number of hydrogen-bond donors (Lipinski definition) is 3. The molecule has 0 aromatic carbocycles. The fraction of sp³-hybridized carbons (Fsp3) is 0.944. The summed E-state index contributed by atoms with van der Waals surface area (Å²) in [5.41, 5.74) is -0.694. The predicted molar refractivity (Wildman–Crippen MR) is 95.3 cm³/mol. The summed E-state index contributed by atoms with van der Waals surface area (Å²) in [6, 6.07) is -0.373. The predicted octanol–water partition coefficient (Wildman–Crippen LogP) is 4.08. The number of carbonyl (C=O) groups is 1. The van der Waals surface area contributed by atoms with Gasteiger partial charge in [0.2, 0.25) is 6.41 Å². The van der Waals surface area contributed by atoms with Gasteiger partial charge in [-0.2, -0.15) is 26.3 Å². The van der Waals surface area contributed by atoms with Gasteiger partial charge in [0.15, 0.2) is 0 Å². The molecule has 30 heavy (non-hydrogen) atoms. The molecule has 0 aromatic heterocycles. The molecular weight excluding hydrogens is 422 g/mol. The number of ether oxygens (including phenoxy) is 2. The minimum atomic E-state index is -4.42. The summed E-state index contributed by atoms with van der Waals surface area (Å²) in [7, 11) is 0. The summed E-state index contributed by atoms with van der Waals surface area (Å²) in [6.07, 6.45) is -12.0. The number of amides is 1. The zero-order chi connectivity index (χ0) is 23.2. The highest BCUT2D eigenvalue weighted by atomic mass is 19.4. The van der Waals surface area contributed by atoms with Crippen molar-refractivity contribution in [2.45, 2.75) is 77.7 Å². The van der Waals surface area contributed by atoms with Gasteiger partial charge in [0.25, 0.3) is 0 Å². The van der Waals surface area contributed by atoms with Crippen molar-refractivity contribution in [1.82, 2.24) is 10.6 Å². The summed E-state index contributed by atoms with van der Waals surface area (Å²) in [4.78, 5) is 11.8. The molecule has 0 aliphatic heterocycles. The van der Waals surface area contributed by atoms with Crippen LogP contribution < -0.4 is 10.6 Å². The average molecular weight is 452 g/mol. The standard InChI is InChI=1S/C18H30F6N2O4/c1-15(2)8-12(26-14(28)30-7-5-18(22,23)24)9-16(3,10-15)11-25-13(27)29-6-4-17(19,20)21/h12-13,25,27H,4-11H2,1-3H3,(H,26,28). The van der Waals surface area contributed by atoms with Gasteiger partial charge in [-0.15, -0.1) is 0 Å². The Hall–Kier alpha value is -1.27. The third kappa shape index (κ3) is 11.8. The summed E-state index contributed by atoms with van der Waals surface area (Å²) < 4.78 is 82.1. The highest BCUT2D eigenvalue weighted by Gasteiger charge is 2.42. The van der Waals surface area contributed by atoms with Gasteiger partial charge in [0, 0.05) is 12.6 Å². The Morgan fingerprint density at radius 3 is 2.20 bits per heavy atom. The van der Waals surface area contributed by atoms with Crippen molar-refractivity contribution < 1.29 is 45.7 Å². The van der Waals surface area contributed by atoms with Crippen molar-refractivity contribution in [2.75, 3.05) is 19.8 Å². The lowest BCUT2D eigenvalue weighted by molar-refractivity contribution is -0.175. The third-order valence-electron chi connectivity index (χ3n) is 4.75. The smallest absolute Gasteiger partial charge is 0.407 e. The monoisotopic (exact) mass is 452 g/mol. The quantitative estimate of drug-likeness (QED) is 0.363. The molecule has 1 amide bonds. The molecule has 0 radical (unpaired) electrons. The number of aliphatic hydroxyl groups is 1. The van der Waals surface area contributed by atoms with Gasteiger partial charge in [0.1, 0.15) is 6.61 Å². The maximum absolute atomic E-state index is 12.1. The molecule has 6 nitrogen and oxygen atoms in total. The number of hydrogen-bond acceptors (Lipinski definition) is 5. The zero-order valence-corrected chi connectivity index (χ0v) is 17.3. The van der Waals surface area contributed by atoms with E-state index in [2.05, 4.69) is 15.4 Å². The van der Waals surface area contributed by atoms with E-state index in [0.29, 0.717) is 19.3 Å². The van der Waals surface area contributed by atoms with Crippen molar-refractivity contribution in [1.29, 1.82) is 0 Å². The first kappa shape index (κ1) is 26.8. The van der Waals surface area contributed by atoms with Crippen LogP contribution >= 0.6 is 0 Å². The maximum atomic E-state index is 12.1. The van der Waals surface area contributed by atoms with Crippen LogP contribution in [0.4, 0.5) is 31.1 Å². The number of halogens is 6. The van der Waals surface area contributed by atoms with Crippen LogP contribution in [0.3, 0.4) is 0 Å². The molecule has 0 aromatic rings. The van der Waals surface area contributed by atoms with Crippen molar-refractivity contribution in [3.8, 4) is 0 Å². The minimum absolute atomic E-state index is 0.199. The zero-order valence-electron chi connectivity index (χ0n) is 17.3. The summed E-state index contributed by atoms with van der Waals surface area (Å²) in [5, 5.41) is 14.9. The molecule has 0 heterocycles. The Kier molecular flexibility index (Phi) is 9.24. The van der Waals surface area contributed by atoms with Gasteiger partial charge in [-0.25, -0.2) is 4.79 Å². The molecule has 0 spiro atoms. The Balaban J connectivity index is 2.52. The van der Waals surface area contributed by atoms with Crippen molar-refractivity contribution >= 4 is 6.09 Å². The second-order valence-electron chi connectivity index (χ2n) is 8.87.